The van der Waals surface area contributed by atoms with Gasteiger partial charge in [-0.1, -0.05) is 19.3 Å². The van der Waals surface area contributed by atoms with Crippen molar-refractivity contribution in [1.29, 1.82) is 0 Å². The van der Waals surface area contributed by atoms with Gasteiger partial charge in [-0.05, 0) is 56.8 Å². The number of aliphatic hydroxyl groups is 1. The van der Waals surface area contributed by atoms with E-state index < -0.39 is 0 Å². The maximum absolute atomic E-state index is 13.0. The van der Waals surface area contributed by atoms with Gasteiger partial charge in [0.25, 0.3) is 0 Å². The van der Waals surface area contributed by atoms with E-state index in [1.165, 1.54) is 25.7 Å². The summed E-state index contributed by atoms with van der Waals surface area (Å²) in [7, 11) is 0. The number of hydrogen-bond acceptors (Lipinski definition) is 2. The molecule has 1 amide bonds. The van der Waals surface area contributed by atoms with E-state index in [1.54, 1.807) is 0 Å². The number of fused-ring (bicyclic) bond motifs is 2. The van der Waals surface area contributed by atoms with E-state index in [0.29, 0.717) is 29.7 Å². The highest BCUT2D eigenvalue weighted by atomic mass is 16.3. The zero-order chi connectivity index (χ0) is 14.4. The summed E-state index contributed by atoms with van der Waals surface area (Å²) < 4.78 is 0. The molecular formula is C18H29NO2. The predicted octanol–water partition coefficient (Wildman–Crippen LogP) is 2.96. The molecule has 0 aromatic heterocycles. The molecule has 0 aromatic rings. The SMILES string of the molecule is O=C(C1CC2CCC1C2)N1CCCC1C1CCCCC1O. The van der Waals surface area contributed by atoms with Crippen LogP contribution in [-0.4, -0.2) is 34.6 Å². The number of nitrogens with zero attached hydrogens (tertiary/aromatic N) is 1. The van der Waals surface area contributed by atoms with Gasteiger partial charge < -0.3 is 10.0 Å². The Bertz CT molecular complexity index is 410. The molecular weight excluding hydrogens is 262 g/mol. The first-order valence-corrected chi connectivity index (χ1v) is 9.22. The zero-order valence-corrected chi connectivity index (χ0v) is 13.0. The van der Waals surface area contributed by atoms with E-state index in [2.05, 4.69) is 4.90 Å². The fraction of sp³-hybridized carbons (Fsp3) is 0.944. The molecule has 6 atom stereocenters. The van der Waals surface area contributed by atoms with Crippen LogP contribution >= 0.6 is 0 Å². The van der Waals surface area contributed by atoms with Crippen molar-refractivity contribution < 1.29 is 9.90 Å². The smallest absolute Gasteiger partial charge is 0.226 e. The molecule has 1 N–H and O–H groups in total. The average Bonchev–Trinajstić information content (AvgIpc) is 3.23. The third-order valence-electron chi connectivity index (χ3n) is 6.91. The van der Waals surface area contributed by atoms with Crippen molar-refractivity contribution in [2.24, 2.45) is 23.7 Å². The van der Waals surface area contributed by atoms with E-state index in [4.69, 9.17) is 0 Å². The zero-order valence-electron chi connectivity index (χ0n) is 13.0. The lowest BCUT2D eigenvalue weighted by Gasteiger charge is -2.39. The first-order chi connectivity index (χ1) is 10.2. The number of rotatable bonds is 2. The topological polar surface area (TPSA) is 40.5 Å². The highest BCUT2D eigenvalue weighted by molar-refractivity contribution is 5.80. The van der Waals surface area contributed by atoms with Crippen LogP contribution in [0.5, 0.6) is 0 Å². The summed E-state index contributed by atoms with van der Waals surface area (Å²) in [6, 6.07) is 0.340. The van der Waals surface area contributed by atoms with Gasteiger partial charge in [0.05, 0.1) is 6.10 Å². The van der Waals surface area contributed by atoms with Crippen molar-refractivity contribution in [3.8, 4) is 0 Å². The van der Waals surface area contributed by atoms with Gasteiger partial charge in [-0.25, -0.2) is 0 Å². The second-order valence-corrected chi connectivity index (χ2v) is 8.04. The molecule has 6 unspecified atom stereocenters. The molecule has 0 radical (unpaired) electrons. The molecule has 0 spiro atoms. The lowest BCUT2D eigenvalue weighted by molar-refractivity contribution is -0.140. The summed E-state index contributed by atoms with van der Waals surface area (Å²) >= 11 is 0. The molecule has 4 fully saturated rings. The molecule has 2 bridgehead atoms. The van der Waals surface area contributed by atoms with E-state index in [-0.39, 0.29) is 6.10 Å². The number of likely N-dealkylation sites (tertiary alicyclic amines) is 1. The standard InChI is InChI=1S/C18H29NO2/c20-17-6-2-1-4-14(17)16-5-3-9-19(16)18(21)15-11-12-7-8-13(15)10-12/h12-17,20H,1-11H2. The minimum Gasteiger partial charge on any atom is -0.393 e. The minimum absolute atomic E-state index is 0.169. The highest BCUT2D eigenvalue weighted by Crippen LogP contribution is 2.49. The quantitative estimate of drug-likeness (QED) is 0.849. The molecule has 118 valence electrons. The first-order valence-electron chi connectivity index (χ1n) is 9.22. The molecule has 21 heavy (non-hydrogen) atoms. The predicted molar refractivity (Wildman–Crippen MR) is 81.6 cm³/mol. The van der Waals surface area contributed by atoms with E-state index in [0.717, 1.165) is 51.0 Å². The summed E-state index contributed by atoms with van der Waals surface area (Å²) in [4.78, 5) is 15.2. The van der Waals surface area contributed by atoms with Gasteiger partial charge in [-0.3, -0.25) is 4.79 Å². The third kappa shape index (κ3) is 2.42. The van der Waals surface area contributed by atoms with Crippen molar-refractivity contribution in [2.75, 3.05) is 6.54 Å². The fourth-order valence-electron chi connectivity index (χ4n) is 5.86. The van der Waals surface area contributed by atoms with Crippen LogP contribution in [0.25, 0.3) is 0 Å². The van der Waals surface area contributed by atoms with Crippen molar-refractivity contribution in [3.63, 3.8) is 0 Å². The normalized spacial score (nSPS) is 46.2. The van der Waals surface area contributed by atoms with Crippen LogP contribution in [0.3, 0.4) is 0 Å². The second-order valence-electron chi connectivity index (χ2n) is 8.04. The summed E-state index contributed by atoms with van der Waals surface area (Å²) in [5, 5.41) is 10.4. The van der Waals surface area contributed by atoms with Gasteiger partial charge in [-0.15, -0.1) is 0 Å². The molecule has 4 rings (SSSR count). The largest absolute Gasteiger partial charge is 0.393 e. The number of carbonyl (C=O) groups is 1. The van der Waals surface area contributed by atoms with Crippen LogP contribution in [0, 0.1) is 23.7 Å². The molecule has 1 aliphatic heterocycles. The molecule has 1 heterocycles. The van der Waals surface area contributed by atoms with E-state index in [9.17, 15) is 9.90 Å². The van der Waals surface area contributed by atoms with Crippen LogP contribution in [0.1, 0.15) is 64.2 Å². The second kappa shape index (κ2) is 5.57. The number of aliphatic hydroxyl groups excluding tert-OH is 1. The summed E-state index contributed by atoms with van der Waals surface area (Å²) in [5.74, 6) is 2.64. The van der Waals surface area contributed by atoms with Crippen molar-refractivity contribution in [3.05, 3.63) is 0 Å². The molecule has 3 nitrogen and oxygen atoms in total. The fourth-order valence-corrected chi connectivity index (χ4v) is 5.86. The van der Waals surface area contributed by atoms with Gasteiger partial charge in [0.1, 0.15) is 0 Å². The lowest BCUT2D eigenvalue weighted by Crippen LogP contribution is -2.47. The lowest BCUT2D eigenvalue weighted by atomic mass is 9.80. The Hall–Kier alpha value is -0.570. The summed E-state index contributed by atoms with van der Waals surface area (Å²) in [6.07, 6.45) is 11.6. The summed E-state index contributed by atoms with van der Waals surface area (Å²) in [5.41, 5.74) is 0. The maximum atomic E-state index is 13.0. The number of hydrogen-bond donors (Lipinski definition) is 1. The Kier molecular flexibility index (Phi) is 3.72. The van der Waals surface area contributed by atoms with Crippen LogP contribution in [0.15, 0.2) is 0 Å². The van der Waals surface area contributed by atoms with Crippen LogP contribution in [-0.2, 0) is 4.79 Å². The summed E-state index contributed by atoms with van der Waals surface area (Å²) in [6.45, 7) is 0.945. The van der Waals surface area contributed by atoms with Gasteiger partial charge in [0.2, 0.25) is 5.91 Å². The molecule has 0 aromatic carbocycles. The minimum atomic E-state index is -0.169. The molecule has 4 aliphatic rings. The van der Waals surface area contributed by atoms with Gasteiger partial charge in [-0.2, -0.15) is 0 Å². The van der Waals surface area contributed by atoms with Crippen LogP contribution < -0.4 is 0 Å². The average molecular weight is 291 g/mol. The monoisotopic (exact) mass is 291 g/mol. The van der Waals surface area contributed by atoms with E-state index >= 15 is 0 Å². The Morgan fingerprint density at radius 2 is 1.81 bits per heavy atom. The maximum Gasteiger partial charge on any atom is 0.226 e. The van der Waals surface area contributed by atoms with Crippen LogP contribution in [0.2, 0.25) is 0 Å². The number of carbonyl (C=O) groups excluding carboxylic acids is 1. The Labute approximate surface area is 128 Å². The third-order valence-corrected chi connectivity index (χ3v) is 6.91. The van der Waals surface area contributed by atoms with Crippen LogP contribution in [0.4, 0.5) is 0 Å². The molecule has 3 aliphatic carbocycles. The Morgan fingerprint density at radius 1 is 0.952 bits per heavy atom. The molecule has 1 saturated heterocycles. The number of amides is 1. The Balaban J connectivity index is 1.47. The van der Waals surface area contributed by atoms with Crippen molar-refractivity contribution in [2.45, 2.75) is 76.4 Å². The molecule has 3 saturated carbocycles. The van der Waals surface area contributed by atoms with Gasteiger partial charge in [0.15, 0.2) is 0 Å². The van der Waals surface area contributed by atoms with E-state index in [1.807, 2.05) is 0 Å². The first kappa shape index (κ1) is 14.0. The molecule has 3 heteroatoms. The van der Waals surface area contributed by atoms with Gasteiger partial charge >= 0.3 is 0 Å². The van der Waals surface area contributed by atoms with Crippen molar-refractivity contribution in [1.82, 2.24) is 4.90 Å². The van der Waals surface area contributed by atoms with Crippen molar-refractivity contribution >= 4 is 5.91 Å². The Morgan fingerprint density at radius 3 is 2.52 bits per heavy atom. The highest BCUT2D eigenvalue weighted by Gasteiger charge is 2.47. The van der Waals surface area contributed by atoms with Gasteiger partial charge in [0, 0.05) is 24.4 Å².